The maximum atomic E-state index is 12.1. The van der Waals surface area contributed by atoms with Crippen molar-refractivity contribution in [3.8, 4) is 0 Å². The van der Waals surface area contributed by atoms with E-state index in [1.165, 1.54) is 12.1 Å². The number of aliphatic hydroxyl groups excluding tert-OH is 1. The summed E-state index contributed by atoms with van der Waals surface area (Å²) in [5.74, 6) is 0. The molecule has 0 saturated heterocycles. The molecule has 0 fully saturated rings. The molecule has 1 rings (SSSR count). The van der Waals surface area contributed by atoms with Crippen molar-refractivity contribution in [2.45, 2.75) is 12.2 Å². The first-order valence-corrected chi connectivity index (χ1v) is 3.98. The molecule has 0 aliphatic heterocycles. The number of halogens is 3. The highest BCUT2D eigenvalue weighted by atomic mass is 19.4. The van der Waals surface area contributed by atoms with E-state index in [1.54, 1.807) is 0 Å². The molecule has 0 heterocycles. The lowest BCUT2D eigenvalue weighted by Crippen LogP contribution is -2.14. The zero-order chi connectivity index (χ0) is 10.8. The van der Waals surface area contributed by atoms with Gasteiger partial charge in [-0.05, 0) is 17.7 Å². The molecular formula is C9H10F3NO. The third-order valence-electron chi connectivity index (χ3n) is 1.86. The van der Waals surface area contributed by atoms with Crippen LogP contribution in [0.4, 0.5) is 13.2 Å². The highest BCUT2D eigenvalue weighted by molar-refractivity contribution is 5.26. The summed E-state index contributed by atoms with van der Waals surface area (Å²) >= 11 is 0. The average molecular weight is 205 g/mol. The molecule has 0 radical (unpaired) electrons. The van der Waals surface area contributed by atoms with E-state index in [4.69, 9.17) is 10.8 Å². The molecule has 1 aromatic carbocycles. The van der Waals surface area contributed by atoms with Crippen molar-refractivity contribution in [2.24, 2.45) is 5.73 Å². The highest BCUT2D eigenvalue weighted by Crippen LogP contribution is 2.29. The first-order valence-electron chi connectivity index (χ1n) is 3.98. The fourth-order valence-electron chi connectivity index (χ4n) is 1.02. The molecule has 0 spiro atoms. The Morgan fingerprint density at radius 2 is 1.71 bits per heavy atom. The summed E-state index contributed by atoms with van der Waals surface area (Å²) in [7, 11) is 0. The quantitative estimate of drug-likeness (QED) is 0.771. The fourth-order valence-corrected chi connectivity index (χ4v) is 1.02. The van der Waals surface area contributed by atoms with E-state index in [-0.39, 0.29) is 6.61 Å². The normalized spacial score (nSPS) is 14.1. The molecule has 0 aromatic heterocycles. The van der Waals surface area contributed by atoms with Crippen LogP contribution in [-0.4, -0.2) is 11.7 Å². The summed E-state index contributed by atoms with van der Waals surface area (Å²) in [5, 5.41) is 8.67. The Bertz CT molecular complexity index is 294. The molecule has 2 nitrogen and oxygen atoms in total. The van der Waals surface area contributed by atoms with Crippen LogP contribution >= 0.6 is 0 Å². The third kappa shape index (κ3) is 2.46. The molecule has 0 bridgehead atoms. The van der Waals surface area contributed by atoms with Crippen LogP contribution in [0.2, 0.25) is 0 Å². The Balaban J connectivity index is 2.89. The van der Waals surface area contributed by atoms with Gasteiger partial charge in [0.1, 0.15) is 0 Å². The van der Waals surface area contributed by atoms with Crippen LogP contribution in [0.25, 0.3) is 0 Å². The van der Waals surface area contributed by atoms with Gasteiger partial charge in [-0.1, -0.05) is 12.1 Å². The van der Waals surface area contributed by atoms with Crippen molar-refractivity contribution in [2.75, 3.05) is 6.61 Å². The Morgan fingerprint density at radius 3 is 2.07 bits per heavy atom. The minimum Gasteiger partial charge on any atom is -0.394 e. The Kier molecular flexibility index (Phi) is 3.13. The van der Waals surface area contributed by atoms with Crippen LogP contribution in [-0.2, 0) is 6.18 Å². The van der Waals surface area contributed by atoms with E-state index in [1.807, 2.05) is 0 Å². The van der Waals surface area contributed by atoms with E-state index in [2.05, 4.69) is 0 Å². The molecule has 1 unspecified atom stereocenters. The van der Waals surface area contributed by atoms with E-state index < -0.39 is 17.8 Å². The third-order valence-corrected chi connectivity index (χ3v) is 1.86. The molecule has 5 heteroatoms. The highest BCUT2D eigenvalue weighted by Gasteiger charge is 2.30. The number of rotatable bonds is 2. The van der Waals surface area contributed by atoms with Gasteiger partial charge in [-0.15, -0.1) is 0 Å². The van der Waals surface area contributed by atoms with Crippen molar-refractivity contribution in [3.63, 3.8) is 0 Å². The maximum Gasteiger partial charge on any atom is 0.416 e. The van der Waals surface area contributed by atoms with Crippen LogP contribution in [0.3, 0.4) is 0 Å². The molecule has 0 aliphatic carbocycles. The van der Waals surface area contributed by atoms with Gasteiger partial charge in [0.05, 0.1) is 18.2 Å². The second-order valence-corrected chi connectivity index (χ2v) is 2.91. The molecule has 0 saturated carbocycles. The minimum atomic E-state index is -4.33. The Labute approximate surface area is 79.2 Å². The van der Waals surface area contributed by atoms with Crippen LogP contribution < -0.4 is 5.73 Å². The first-order chi connectivity index (χ1) is 6.45. The lowest BCUT2D eigenvalue weighted by atomic mass is 10.1. The molecule has 14 heavy (non-hydrogen) atoms. The number of alkyl halides is 3. The molecule has 0 amide bonds. The Hall–Kier alpha value is -1.07. The maximum absolute atomic E-state index is 12.1. The van der Waals surface area contributed by atoms with E-state index in [0.717, 1.165) is 12.1 Å². The average Bonchev–Trinajstić information content (AvgIpc) is 2.15. The molecule has 78 valence electrons. The van der Waals surface area contributed by atoms with Crippen LogP contribution in [0.1, 0.15) is 17.2 Å². The number of nitrogens with two attached hydrogens (primary N) is 1. The number of hydrogen-bond acceptors (Lipinski definition) is 2. The SMILES string of the molecule is NC(CO)c1ccc(C(F)(F)F)cc1. The van der Waals surface area contributed by atoms with Gasteiger partial charge >= 0.3 is 6.18 Å². The number of aliphatic hydroxyl groups is 1. The monoisotopic (exact) mass is 205 g/mol. The minimum absolute atomic E-state index is 0.286. The van der Waals surface area contributed by atoms with Gasteiger partial charge < -0.3 is 10.8 Å². The van der Waals surface area contributed by atoms with E-state index in [0.29, 0.717) is 5.56 Å². The summed E-state index contributed by atoms with van der Waals surface area (Å²) in [6.07, 6.45) is -4.33. The van der Waals surface area contributed by atoms with E-state index in [9.17, 15) is 13.2 Å². The second-order valence-electron chi connectivity index (χ2n) is 2.91. The van der Waals surface area contributed by atoms with Crippen LogP contribution in [0.15, 0.2) is 24.3 Å². The number of hydrogen-bond donors (Lipinski definition) is 2. The van der Waals surface area contributed by atoms with Gasteiger partial charge in [0.2, 0.25) is 0 Å². The van der Waals surface area contributed by atoms with Gasteiger partial charge in [-0.25, -0.2) is 0 Å². The molecule has 0 aliphatic rings. The van der Waals surface area contributed by atoms with Gasteiger partial charge in [-0.3, -0.25) is 0 Å². The zero-order valence-electron chi connectivity index (χ0n) is 7.25. The first kappa shape index (κ1) is 11.0. The van der Waals surface area contributed by atoms with Gasteiger partial charge in [0.25, 0.3) is 0 Å². The van der Waals surface area contributed by atoms with E-state index >= 15 is 0 Å². The fraction of sp³-hybridized carbons (Fsp3) is 0.333. The van der Waals surface area contributed by atoms with Crippen molar-refractivity contribution >= 4 is 0 Å². The largest absolute Gasteiger partial charge is 0.416 e. The smallest absolute Gasteiger partial charge is 0.394 e. The van der Waals surface area contributed by atoms with Crippen LogP contribution in [0, 0.1) is 0 Å². The molecule has 1 aromatic rings. The second kappa shape index (κ2) is 3.98. The molecular weight excluding hydrogens is 195 g/mol. The summed E-state index contributed by atoms with van der Waals surface area (Å²) < 4.78 is 36.4. The Morgan fingerprint density at radius 1 is 1.21 bits per heavy atom. The van der Waals surface area contributed by atoms with Gasteiger partial charge in [-0.2, -0.15) is 13.2 Å². The van der Waals surface area contributed by atoms with Crippen molar-refractivity contribution < 1.29 is 18.3 Å². The molecule has 1 atom stereocenters. The van der Waals surface area contributed by atoms with Crippen molar-refractivity contribution in [1.29, 1.82) is 0 Å². The van der Waals surface area contributed by atoms with Gasteiger partial charge in [0.15, 0.2) is 0 Å². The van der Waals surface area contributed by atoms with Crippen molar-refractivity contribution in [3.05, 3.63) is 35.4 Å². The van der Waals surface area contributed by atoms with Gasteiger partial charge in [0, 0.05) is 0 Å². The summed E-state index contributed by atoms with van der Waals surface area (Å²) in [4.78, 5) is 0. The predicted molar refractivity (Wildman–Crippen MR) is 45.5 cm³/mol. The summed E-state index contributed by atoms with van der Waals surface area (Å²) in [6.45, 7) is -0.286. The number of benzene rings is 1. The predicted octanol–water partition coefficient (Wildman–Crippen LogP) is 1.70. The summed E-state index contributed by atoms with van der Waals surface area (Å²) in [6, 6.07) is 3.81. The van der Waals surface area contributed by atoms with Crippen molar-refractivity contribution in [1.82, 2.24) is 0 Å². The lowest BCUT2D eigenvalue weighted by molar-refractivity contribution is -0.137. The lowest BCUT2D eigenvalue weighted by Gasteiger charge is -2.10. The van der Waals surface area contributed by atoms with Crippen LogP contribution in [0.5, 0.6) is 0 Å². The standard InChI is InChI=1S/C9H10F3NO/c10-9(11,12)7-3-1-6(2-4-7)8(13)5-14/h1-4,8,14H,5,13H2. The molecule has 3 N–H and O–H groups in total. The topological polar surface area (TPSA) is 46.2 Å². The zero-order valence-corrected chi connectivity index (χ0v) is 7.25. The summed E-state index contributed by atoms with van der Waals surface area (Å²) in [5.41, 5.74) is 5.19.